The normalized spacial score (nSPS) is 12.3. The third-order valence-corrected chi connectivity index (χ3v) is 6.82. The molecule has 32 heavy (non-hydrogen) atoms. The molecule has 0 aliphatic carbocycles. The van der Waals surface area contributed by atoms with Crippen molar-refractivity contribution in [2.45, 2.75) is 31.2 Å². The Morgan fingerprint density at radius 1 is 1.09 bits per heavy atom. The van der Waals surface area contributed by atoms with Crippen LogP contribution in [0.4, 0.5) is 0 Å². The predicted octanol–water partition coefficient (Wildman–Crippen LogP) is 3.62. The van der Waals surface area contributed by atoms with Gasteiger partial charge in [0, 0.05) is 25.0 Å². The largest absolute Gasteiger partial charge is 0.349 e. The van der Waals surface area contributed by atoms with Crippen molar-refractivity contribution in [2.75, 3.05) is 14.1 Å². The van der Waals surface area contributed by atoms with E-state index in [2.05, 4.69) is 4.98 Å². The zero-order valence-electron chi connectivity index (χ0n) is 18.6. The lowest BCUT2D eigenvalue weighted by Crippen LogP contribution is -2.36. The molecule has 0 radical (unpaired) electrons. The van der Waals surface area contributed by atoms with Crippen LogP contribution in [0.2, 0.25) is 0 Å². The highest BCUT2D eigenvalue weighted by Gasteiger charge is 2.29. The van der Waals surface area contributed by atoms with Crippen LogP contribution < -0.4 is 5.56 Å². The maximum absolute atomic E-state index is 13.7. The number of nitrogens with one attached hydrogen (secondary N) is 1. The molecule has 2 aromatic carbocycles. The smallest absolute Gasteiger partial charge is 0.283 e. The molecule has 8 heteroatoms. The zero-order valence-corrected chi connectivity index (χ0v) is 19.4. The van der Waals surface area contributed by atoms with E-state index in [1.54, 1.807) is 14.1 Å². The number of carbonyl (C=O) groups is 2. The molecule has 0 aliphatic rings. The van der Waals surface area contributed by atoms with Gasteiger partial charge in [0.15, 0.2) is 10.9 Å². The summed E-state index contributed by atoms with van der Waals surface area (Å²) >= 11 is 1.01. The number of rotatable bonds is 5. The first-order valence-corrected chi connectivity index (χ1v) is 11.1. The van der Waals surface area contributed by atoms with Crippen molar-refractivity contribution in [3.63, 3.8) is 0 Å². The number of amides is 1. The summed E-state index contributed by atoms with van der Waals surface area (Å²) in [5, 5.41) is 0.111. The van der Waals surface area contributed by atoms with E-state index >= 15 is 0 Å². The molecule has 0 spiro atoms. The number of carbonyl (C=O) groups excluding carboxylic acids is 2. The molecule has 2 heterocycles. The number of aryl methyl sites for hydroxylation is 1. The van der Waals surface area contributed by atoms with E-state index in [-0.39, 0.29) is 17.2 Å². The van der Waals surface area contributed by atoms with Crippen LogP contribution in [0.5, 0.6) is 0 Å². The molecule has 4 aromatic rings. The second-order valence-corrected chi connectivity index (χ2v) is 9.06. The average Bonchev–Trinajstić information content (AvgIpc) is 3.13. The minimum absolute atomic E-state index is 0.276. The number of hydrogen-bond acceptors (Lipinski definition) is 5. The van der Waals surface area contributed by atoms with Crippen molar-refractivity contribution in [3.05, 3.63) is 63.9 Å². The van der Waals surface area contributed by atoms with Gasteiger partial charge in [-0.15, -0.1) is 0 Å². The lowest BCUT2D eigenvalue weighted by molar-refractivity contribution is -0.132. The van der Waals surface area contributed by atoms with Gasteiger partial charge in [0.1, 0.15) is 16.3 Å². The van der Waals surface area contributed by atoms with Crippen molar-refractivity contribution in [1.82, 2.24) is 19.4 Å². The first kappa shape index (κ1) is 21.8. The van der Waals surface area contributed by atoms with Crippen LogP contribution >= 0.6 is 11.8 Å². The van der Waals surface area contributed by atoms with Gasteiger partial charge in [0.05, 0.1) is 5.69 Å². The molecule has 0 saturated carbocycles. The zero-order chi connectivity index (χ0) is 23.2. The molecule has 0 bridgehead atoms. The first-order valence-electron chi connectivity index (χ1n) is 10.2. The summed E-state index contributed by atoms with van der Waals surface area (Å²) in [4.78, 5) is 48.2. The molecule has 1 amide bonds. The van der Waals surface area contributed by atoms with Gasteiger partial charge in [0.2, 0.25) is 5.91 Å². The van der Waals surface area contributed by atoms with E-state index in [4.69, 9.17) is 4.98 Å². The molecule has 2 aromatic heterocycles. The summed E-state index contributed by atoms with van der Waals surface area (Å²) in [6.45, 7) is 5.29. The van der Waals surface area contributed by atoms with Gasteiger partial charge in [-0.1, -0.05) is 42.1 Å². The molecule has 1 atom stereocenters. The lowest BCUT2D eigenvalue weighted by atomic mass is 10.1. The second kappa shape index (κ2) is 8.27. The summed E-state index contributed by atoms with van der Waals surface area (Å²) in [6.07, 6.45) is 0. The number of Topliss-reactive ketones (excluding diaryl/α,β-unsaturated/α-hetero) is 1. The standard InChI is InChI=1S/C24H24N4O3S/c1-13-9-8-12-18(14(13)2)28-22(30)20-19(16-10-6-7-11-17(16)25-20)26-24(28)32-21(15(3)29)23(31)27(4)5/h6-12,21,25H,1-5H3. The maximum atomic E-state index is 13.7. The van der Waals surface area contributed by atoms with Crippen LogP contribution in [0.15, 0.2) is 52.4 Å². The number of benzene rings is 2. The summed E-state index contributed by atoms with van der Waals surface area (Å²) in [5.41, 5.74) is 4.05. The van der Waals surface area contributed by atoms with Crippen molar-refractivity contribution < 1.29 is 9.59 Å². The van der Waals surface area contributed by atoms with Gasteiger partial charge in [0.25, 0.3) is 5.56 Å². The van der Waals surface area contributed by atoms with Gasteiger partial charge < -0.3 is 9.88 Å². The van der Waals surface area contributed by atoms with Gasteiger partial charge in [-0.2, -0.15) is 0 Å². The van der Waals surface area contributed by atoms with Gasteiger partial charge in [-0.3, -0.25) is 19.0 Å². The van der Waals surface area contributed by atoms with Crippen molar-refractivity contribution in [1.29, 1.82) is 0 Å². The second-order valence-electron chi connectivity index (χ2n) is 7.99. The molecule has 0 aliphatic heterocycles. The van der Waals surface area contributed by atoms with Crippen LogP contribution in [-0.2, 0) is 9.59 Å². The highest BCUT2D eigenvalue weighted by Crippen LogP contribution is 2.30. The average molecular weight is 449 g/mol. The molecule has 0 fully saturated rings. The summed E-state index contributed by atoms with van der Waals surface area (Å²) in [7, 11) is 3.21. The Bertz CT molecular complexity index is 1430. The summed E-state index contributed by atoms with van der Waals surface area (Å²) in [5.74, 6) is -0.641. The fourth-order valence-electron chi connectivity index (χ4n) is 3.66. The fourth-order valence-corrected chi connectivity index (χ4v) is 4.78. The number of nitrogens with zero attached hydrogens (tertiary/aromatic N) is 3. The topological polar surface area (TPSA) is 88.1 Å². The van der Waals surface area contributed by atoms with E-state index in [9.17, 15) is 14.4 Å². The van der Waals surface area contributed by atoms with Crippen molar-refractivity contribution in [3.8, 4) is 5.69 Å². The third kappa shape index (κ3) is 3.60. The van der Waals surface area contributed by atoms with E-state index in [0.717, 1.165) is 33.8 Å². The Labute approximate surface area is 189 Å². The predicted molar refractivity (Wildman–Crippen MR) is 128 cm³/mol. The summed E-state index contributed by atoms with van der Waals surface area (Å²) < 4.78 is 1.50. The monoisotopic (exact) mass is 448 g/mol. The Hall–Kier alpha value is -3.39. The number of ketones is 1. The fraction of sp³-hybridized carbons (Fsp3) is 0.250. The van der Waals surface area contributed by atoms with Crippen LogP contribution in [0.3, 0.4) is 0 Å². The van der Waals surface area contributed by atoms with Crippen molar-refractivity contribution in [2.24, 2.45) is 0 Å². The number of aromatic amines is 1. The minimum Gasteiger partial charge on any atom is -0.349 e. The van der Waals surface area contributed by atoms with Crippen LogP contribution in [0, 0.1) is 13.8 Å². The molecule has 7 nitrogen and oxygen atoms in total. The van der Waals surface area contributed by atoms with Gasteiger partial charge >= 0.3 is 0 Å². The molecule has 164 valence electrons. The molecule has 0 saturated heterocycles. The van der Waals surface area contributed by atoms with E-state index < -0.39 is 5.25 Å². The van der Waals surface area contributed by atoms with Crippen molar-refractivity contribution >= 4 is 45.4 Å². The maximum Gasteiger partial charge on any atom is 0.283 e. The number of hydrogen-bond donors (Lipinski definition) is 1. The molecular weight excluding hydrogens is 424 g/mol. The molecule has 4 rings (SSSR count). The van der Waals surface area contributed by atoms with Crippen LogP contribution in [0.25, 0.3) is 27.6 Å². The Balaban J connectivity index is 2.06. The first-order chi connectivity index (χ1) is 15.2. The van der Waals surface area contributed by atoms with Crippen LogP contribution in [-0.4, -0.2) is 50.5 Å². The van der Waals surface area contributed by atoms with Gasteiger partial charge in [-0.25, -0.2) is 4.98 Å². The Morgan fingerprint density at radius 3 is 2.50 bits per heavy atom. The lowest BCUT2D eigenvalue weighted by Gasteiger charge is -2.20. The number of fused-ring (bicyclic) bond motifs is 3. The van der Waals surface area contributed by atoms with E-state index in [1.165, 1.54) is 16.4 Å². The number of thioether (sulfide) groups is 1. The highest BCUT2D eigenvalue weighted by molar-refractivity contribution is 8.01. The Kier molecular flexibility index (Phi) is 5.64. The quantitative estimate of drug-likeness (QED) is 0.286. The Morgan fingerprint density at radius 2 is 1.81 bits per heavy atom. The van der Waals surface area contributed by atoms with Gasteiger partial charge in [-0.05, 0) is 44.0 Å². The minimum atomic E-state index is -1.00. The SMILES string of the molecule is CC(=O)C(Sc1nc2c([nH]c3ccccc32)c(=O)n1-c1cccc(C)c1C)C(=O)N(C)C. The summed E-state index contributed by atoms with van der Waals surface area (Å²) in [6, 6.07) is 13.2. The third-order valence-electron chi connectivity index (χ3n) is 5.57. The van der Waals surface area contributed by atoms with Crippen LogP contribution in [0.1, 0.15) is 18.1 Å². The molecule has 1 unspecified atom stereocenters. The highest BCUT2D eigenvalue weighted by atomic mass is 32.2. The van der Waals surface area contributed by atoms with E-state index in [1.807, 2.05) is 56.3 Å². The molecular formula is C24H24N4O3S. The number of para-hydroxylation sites is 1. The van der Waals surface area contributed by atoms with E-state index in [0.29, 0.717) is 21.9 Å². The number of aromatic nitrogens is 3. The number of H-pyrrole nitrogens is 1. The molecule has 1 N–H and O–H groups in total.